The smallest absolute Gasteiger partial charge is 0.254 e. The summed E-state index contributed by atoms with van der Waals surface area (Å²) in [5, 5.41) is 0. The molecule has 168 valence electrons. The molecule has 0 N–H and O–H groups in total. The van der Waals surface area contributed by atoms with Crippen LogP contribution in [0.5, 0.6) is 5.75 Å². The molecule has 2 heterocycles. The van der Waals surface area contributed by atoms with Crippen molar-refractivity contribution in [2.75, 3.05) is 39.5 Å². The van der Waals surface area contributed by atoms with Crippen molar-refractivity contribution in [3.05, 3.63) is 65.7 Å². The molecule has 0 radical (unpaired) electrons. The highest BCUT2D eigenvalue weighted by Gasteiger charge is 2.54. The van der Waals surface area contributed by atoms with Crippen molar-refractivity contribution < 1.29 is 19.1 Å². The molecule has 6 heteroatoms. The van der Waals surface area contributed by atoms with E-state index in [-0.39, 0.29) is 23.3 Å². The summed E-state index contributed by atoms with van der Waals surface area (Å²) in [5.74, 6) is 1.01. The van der Waals surface area contributed by atoms with E-state index >= 15 is 0 Å². The fourth-order valence-corrected chi connectivity index (χ4v) is 4.89. The van der Waals surface area contributed by atoms with Crippen molar-refractivity contribution in [3.63, 3.8) is 0 Å². The van der Waals surface area contributed by atoms with Gasteiger partial charge in [0, 0.05) is 25.2 Å². The Morgan fingerprint density at radius 2 is 1.69 bits per heavy atom. The molecular formula is C26H30N2O4. The van der Waals surface area contributed by atoms with E-state index in [4.69, 9.17) is 9.47 Å². The zero-order chi connectivity index (χ0) is 22.0. The number of nitrogens with zero attached hydrogens (tertiary/aromatic N) is 2. The molecule has 2 saturated heterocycles. The lowest BCUT2D eigenvalue weighted by Gasteiger charge is -2.29. The van der Waals surface area contributed by atoms with Crippen LogP contribution in [0, 0.1) is 0 Å². The molecule has 3 aliphatic rings. The van der Waals surface area contributed by atoms with Gasteiger partial charge in [-0.3, -0.25) is 9.59 Å². The van der Waals surface area contributed by atoms with Gasteiger partial charge in [-0.2, -0.15) is 0 Å². The topological polar surface area (TPSA) is 59.1 Å². The highest BCUT2D eigenvalue weighted by atomic mass is 16.5. The fraction of sp³-hybridized carbons (Fsp3) is 0.462. The Balaban J connectivity index is 1.19. The average Bonchev–Trinajstić information content (AvgIpc) is 3.54. The Morgan fingerprint density at radius 1 is 0.969 bits per heavy atom. The summed E-state index contributed by atoms with van der Waals surface area (Å²) in [6.45, 7) is 3.73. The molecular weight excluding hydrogens is 404 g/mol. The van der Waals surface area contributed by atoms with Crippen LogP contribution < -0.4 is 4.74 Å². The van der Waals surface area contributed by atoms with Gasteiger partial charge in [0.1, 0.15) is 12.4 Å². The third-order valence-electron chi connectivity index (χ3n) is 6.97. The maximum atomic E-state index is 13.4. The minimum Gasteiger partial charge on any atom is -0.491 e. The molecule has 1 unspecified atom stereocenters. The molecule has 2 aliphatic heterocycles. The van der Waals surface area contributed by atoms with Crippen LogP contribution in [0.4, 0.5) is 0 Å². The Morgan fingerprint density at radius 3 is 2.38 bits per heavy atom. The van der Waals surface area contributed by atoms with Crippen LogP contribution in [0.1, 0.15) is 41.6 Å². The zero-order valence-corrected chi connectivity index (χ0v) is 18.4. The van der Waals surface area contributed by atoms with Crippen molar-refractivity contribution in [3.8, 4) is 5.75 Å². The molecule has 0 bridgehead atoms. The third kappa shape index (κ3) is 4.11. The lowest BCUT2D eigenvalue weighted by molar-refractivity contribution is -0.135. The Kier molecular flexibility index (Phi) is 5.87. The first kappa shape index (κ1) is 21.0. The van der Waals surface area contributed by atoms with Gasteiger partial charge < -0.3 is 19.3 Å². The van der Waals surface area contributed by atoms with E-state index in [1.54, 1.807) is 0 Å². The van der Waals surface area contributed by atoms with Crippen LogP contribution in [-0.2, 0) is 14.9 Å². The molecule has 0 spiro atoms. The number of ether oxygens (including phenoxy) is 2. The molecule has 5 rings (SSSR count). The van der Waals surface area contributed by atoms with Crippen LogP contribution in [0.3, 0.4) is 0 Å². The predicted octanol–water partition coefficient (Wildman–Crippen LogP) is 3.26. The summed E-state index contributed by atoms with van der Waals surface area (Å²) in [6.07, 6.45) is 3.83. The molecule has 1 saturated carbocycles. The minimum atomic E-state index is -0.328. The summed E-state index contributed by atoms with van der Waals surface area (Å²) in [6, 6.07) is 17.6. The summed E-state index contributed by atoms with van der Waals surface area (Å²) >= 11 is 0. The van der Waals surface area contributed by atoms with Crippen molar-refractivity contribution in [2.45, 2.75) is 37.1 Å². The highest BCUT2D eigenvalue weighted by Crippen LogP contribution is 2.50. The number of rotatable bonds is 6. The Hall–Kier alpha value is -2.86. The van der Waals surface area contributed by atoms with Gasteiger partial charge in [-0.25, -0.2) is 0 Å². The molecule has 3 fully saturated rings. The second-order valence-corrected chi connectivity index (χ2v) is 8.98. The van der Waals surface area contributed by atoms with E-state index in [9.17, 15) is 9.59 Å². The number of likely N-dealkylation sites (tertiary alicyclic amines) is 1. The molecule has 2 aromatic rings. The normalized spacial score (nSPS) is 21.9. The maximum absolute atomic E-state index is 13.4. The predicted molar refractivity (Wildman–Crippen MR) is 121 cm³/mol. The van der Waals surface area contributed by atoms with Gasteiger partial charge >= 0.3 is 0 Å². The second-order valence-electron chi connectivity index (χ2n) is 8.98. The lowest BCUT2D eigenvalue weighted by Crippen LogP contribution is -2.44. The molecule has 6 nitrogen and oxygen atoms in total. The van der Waals surface area contributed by atoms with Gasteiger partial charge in [0.15, 0.2) is 0 Å². The summed E-state index contributed by atoms with van der Waals surface area (Å²) in [5.41, 5.74) is 1.47. The lowest BCUT2D eigenvalue weighted by atomic mass is 9.94. The second kappa shape index (κ2) is 8.94. The van der Waals surface area contributed by atoms with E-state index < -0.39 is 0 Å². The summed E-state index contributed by atoms with van der Waals surface area (Å²) < 4.78 is 11.4. The van der Waals surface area contributed by atoms with Crippen LogP contribution in [-0.4, -0.2) is 67.1 Å². The number of benzene rings is 2. The number of carbonyl (C=O) groups excluding carboxylic acids is 2. The first-order valence-corrected chi connectivity index (χ1v) is 11.6. The van der Waals surface area contributed by atoms with Gasteiger partial charge in [-0.1, -0.05) is 30.3 Å². The van der Waals surface area contributed by atoms with Crippen molar-refractivity contribution in [1.29, 1.82) is 0 Å². The molecule has 0 aromatic heterocycles. The number of hydrogen-bond donors (Lipinski definition) is 0. The van der Waals surface area contributed by atoms with Crippen molar-refractivity contribution >= 4 is 11.8 Å². The van der Waals surface area contributed by atoms with Crippen LogP contribution >= 0.6 is 0 Å². The van der Waals surface area contributed by atoms with Gasteiger partial charge in [-0.15, -0.1) is 0 Å². The highest BCUT2D eigenvalue weighted by molar-refractivity contribution is 5.94. The average molecular weight is 435 g/mol. The van der Waals surface area contributed by atoms with E-state index in [2.05, 4.69) is 12.1 Å². The number of hydrogen-bond acceptors (Lipinski definition) is 4. The Bertz CT molecular complexity index is 950. The van der Waals surface area contributed by atoms with Crippen LogP contribution in [0.2, 0.25) is 0 Å². The maximum Gasteiger partial charge on any atom is 0.254 e. The molecule has 32 heavy (non-hydrogen) atoms. The molecule has 1 aliphatic carbocycles. The standard InChI is InChI=1S/C26H30N2O4/c29-24(27-15-17-31-18-16-27)20-8-10-23(11-9-20)32-19-22-7-4-14-28(22)25(30)26(12-13-26)21-5-2-1-3-6-21/h1-3,5-6,8-11,22H,4,7,12-19H2. The zero-order valence-electron chi connectivity index (χ0n) is 18.4. The number of amides is 2. The van der Waals surface area contributed by atoms with Gasteiger partial charge in [0.05, 0.1) is 24.7 Å². The van der Waals surface area contributed by atoms with Crippen LogP contribution in [0.15, 0.2) is 54.6 Å². The summed E-state index contributed by atoms with van der Waals surface area (Å²) in [4.78, 5) is 29.9. The van der Waals surface area contributed by atoms with E-state index in [1.165, 1.54) is 0 Å². The van der Waals surface area contributed by atoms with E-state index in [0.717, 1.165) is 43.5 Å². The number of carbonyl (C=O) groups is 2. The third-order valence-corrected chi connectivity index (χ3v) is 6.97. The first-order valence-electron chi connectivity index (χ1n) is 11.6. The van der Waals surface area contributed by atoms with Crippen molar-refractivity contribution in [2.24, 2.45) is 0 Å². The minimum absolute atomic E-state index is 0.0306. The van der Waals surface area contributed by atoms with Crippen LogP contribution in [0.25, 0.3) is 0 Å². The quantitative estimate of drug-likeness (QED) is 0.700. The summed E-state index contributed by atoms with van der Waals surface area (Å²) in [7, 11) is 0. The number of morpholine rings is 1. The Labute approximate surface area is 189 Å². The van der Waals surface area contributed by atoms with Gasteiger partial charge in [-0.05, 0) is 55.5 Å². The van der Waals surface area contributed by atoms with Gasteiger partial charge in [0.25, 0.3) is 5.91 Å². The SMILES string of the molecule is O=C(c1ccc(OCC2CCCN2C(=O)C2(c3ccccc3)CC2)cc1)N1CCOCC1. The molecule has 2 amide bonds. The largest absolute Gasteiger partial charge is 0.491 e. The van der Waals surface area contributed by atoms with E-state index in [0.29, 0.717) is 38.5 Å². The molecule has 2 aromatic carbocycles. The van der Waals surface area contributed by atoms with Gasteiger partial charge in [0.2, 0.25) is 5.91 Å². The fourth-order valence-electron chi connectivity index (χ4n) is 4.89. The van der Waals surface area contributed by atoms with E-state index in [1.807, 2.05) is 52.3 Å². The molecule has 1 atom stereocenters. The monoisotopic (exact) mass is 434 g/mol. The van der Waals surface area contributed by atoms with Crippen molar-refractivity contribution in [1.82, 2.24) is 9.80 Å². The first-order chi connectivity index (χ1) is 15.7.